The van der Waals surface area contributed by atoms with Crippen LogP contribution in [0.2, 0.25) is 0 Å². The number of nitrogens with zero attached hydrogens (tertiary/aromatic N) is 4. The molecule has 3 rings (SSSR count). The van der Waals surface area contributed by atoms with Crippen LogP contribution >= 0.6 is 0 Å². The maximum atomic E-state index is 12.3. The Morgan fingerprint density at radius 3 is 2.70 bits per heavy atom. The number of rotatable bonds is 5. The number of carbonyl (C=O) groups is 2. The van der Waals surface area contributed by atoms with Crippen LogP contribution in [0.5, 0.6) is 0 Å². The lowest BCUT2D eigenvalue weighted by molar-refractivity contribution is -0.130. The van der Waals surface area contributed by atoms with Gasteiger partial charge in [0.2, 0.25) is 11.8 Å². The predicted octanol–water partition coefficient (Wildman–Crippen LogP) is 0.802. The Hall–Kier alpha value is -1.92. The van der Waals surface area contributed by atoms with Gasteiger partial charge in [0.15, 0.2) is 0 Å². The summed E-state index contributed by atoms with van der Waals surface area (Å²) in [6.45, 7) is 5.44. The lowest BCUT2D eigenvalue weighted by Gasteiger charge is -2.23. The van der Waals surface area contributed by atoms with E-state index in [0.29, 0.717) is 32.1 Å². The summed E-state index contributed by atoms with van der Waals surface area (Å²) >= 11 is 0. The van der Waals surface area contributed by atoms with E-state index >= 15 is 0 Å². The molecule has 1 aliphatic carbocycles. The van der Waals surface area contributed by atoms with Gasteiger partial charge < -0.3 is 10.2 Å². The van der Waals surface area contributed by atoms with Gasteiger partial charge in [0.1, 0.15) is 11.6 Å². The number of hydrogen-bond acceptors (Lipinski definition) is 4. The molecule has 1 atom stereocenters. The van der Waals surface area contributed by atoms with Crippen molar-refractivity contribution in [2.45, 2.75) is 58.5 Å². The third-order valence-corrected chi connectivity index (χ3v) is 4.88. The SMILES string of the molecule is Cc1nc(C)n(CCNC(=O)[C@H]2CC(=O)N(C3CCCC3)C2)n1. The van der Waals surface area contributed by atoms with Crippen molar-refractivity contribution in [2.24, 2.45) is 5.92 Å². The topological polar surface area (TPSA) is 80.1 Å². The van der Waals surface area contributed by atoms with Crippen molar-refractivity contribution in [2.75, 3.05) is 13.1 Å². The van der Waals surface area contributed by atoms with Crippen molar-refractivity contribution < 1.29 is 9.59 Å². The fraction of sp³-hybridized carbons (Fsp3) is 0.750. The average molecular weight is 319 g/mol. The normalized spacial score (nSPS) is 22.1. The third-order valence-electron chi connectivity index (χ3n) is 4.88. The van der Waals surface area contributed by atoms with Crippen LogP contribution in [0.1, 0.15) is 43.8 Å². The maximum Gasteiger partial charge on any atom is 0.225 e. The molecule has 0 radical (unpaired) electrons. The quantitative estimate of drug-likeness (QED) is 0.870. The number of amides is 2. The van der Waals surface area contributed by atoms with Gasteiger partial charge in [0.25, 0.3) is 0 Å². The Bertz CT molecular complexity index is 591. The summed E-state index contributed by atoms with van der Waals surface area (Å²) < 4.78 is 1.79. The molecule has 0 unspecified atom stereocenters. The number of likely N-dealkylation sites (tertiary alicyclic amines) is 1. The molecule has 1 aromatic heterocycles. The summed E-state index contributed by atoms with van der Waals surface area (Å²) in [5.41, 5.74) is 0. The Kier molecular flexibility index (Phi) is 4.63. The Morgan fingerprint density at radius 1 is 1.30 bits per heavy atom. The highest BCUT2D eigenvalue weighted by molar-refractivity contribution is 5.89. The van der Waals surface area contributed by atoms with Crippen molar-refractivity contribution in [1.82, 2.24) is 25.0 Å². The van der Waals surface area contributed by atoms with E-state index in [0.717, 1.165) is 24.5 Å². The van der Waals surface area contributed by atoms with E-state index < -0.39 is 0 Å². The molecule has 1 aliphatic heterocycles. The van der Waals surface area contributed by atoms with Crippen molar-refractivity contribution in [3.63, 3.8) is 0 Å². The van der Waals surface area contributed by atoms with E-state index in [1.807, 2.05) is 18.7 Å². The summed E-state index contributed by atoms with van der Waals surface area (Å²) in [4.78, 5) is 30.6. The molecule has 23 heavy (non-hydrogen) atoms. The highest BCUT2D eigenvalue weighted by atomic mass is 16.2. The zero-order valence-electron chi connectivity index (χ0n) is 13.9. The maximum absolute atomic E-state index is 12.3. The first kappa shape index (κ1) is 16.0. The van der Waals surface area contributed by atoms with Crippen LogP contribution < -0.4 is 5.32 Å². The molecular weight excluding hydrogens is 294 g/mol. The number of aryl methyl sites for hydroxylation is 2. The van der Waals surface area contributed by atoms with Crippen LogP contribution in [0.3, 0.4) is 0 Å². The fourth-order valence-electron chi connectivity index (χ4n) is 3.68. The first-order valence-corrected chi connectivity index (χ1v) is 8.50. The predicted molar refractivity (Wildman–Crippen MR) is 84.6 cm³/mol. The van der Waals surface area contributed by atoms with Gasteiger partial charge in [0.05, 0.1) is 12.5 Å². The lowest BCUT2D eigenvalue weighted by atomic mass is 10.1. The van der Waals surface area contributed by atoms with E-state index in [4.69, 9.17) is 0 Å². The lowest BCUT2D eigenvalue weighted by Crippen LogP contribution is -2.37. The minimum absolute atomic E-state index is 0.0201. The summed E-state index contributed by atoms with van der Waals surface area (Å²) in [5, 5.41) is 7.21. The van der Waals surface area contributed by atoms with Crippen LogP contribution in [-0.2, 0) is 16.1 Å². The average Bonchev–Trinajstić information content (AvgIpc) is 3.20. The van der Waals surface area contributed by atoms with E-state index in [2.05, 4.69) is 15.4 Å². The van der Waals surface area contributed by atoms with Crippen molar-refractivity contribution in [3.8, 4) is 0 Å². The molecule has 0 bridgehead atoms. The Labute approximate surface area is 136 Å². The van der Waals surface area contributed by atoms with Gasteiger partial charge in [-0.1, -0.05) is 12.8 Å². The van der Waals surface area contributed by atoms with Gasteiger partial charge >= 0.3 is 0 Å². The van der Waals surface area contributed by atoms with Gasteiger partial charge in [-0.05, 0) is 26.7 Å². The molecule has 7 nitrogen and oxygen atoms in total. The van der Waals surface area contributed by atoms with Gasteiger partial charge in [-0.2, -0.15) is 5.10 Å². The summed E-state index contributed by atoms with van der Waals surface area (Å²) in [6.07, 6.45) is 4.92. The molecule has 2 aliphatic rings. The molecule has 2 heterocycles. The van der Waals surface area contributed by atoms with Gasteiger partial charge in [-0.15, -0.1) is 0 Å². The fourth-order valence-corrected chi connectivity index (χ4v) is 3.68. The second kappa shape index (κ2) is 6.68. The second-order valence-corrected chi connectivity index (χ2v) is 6.61. The molecule has 7 heteroatoms. The minimum Gasteiger partial charge on any atom is -0.354 e. The standard InChI is InChI=1S/C16H25N5O2/c1-11-18-12(2)21(19-11)8-7-17-16(23)13-9-15(22)20(10-13)14-5-3-4-6-14/h13-14H,3-10H2,1-2H3,(H,17,23)/t13-/m0/s1. The van der Waals surface area contributed by atoms with E-state index in [9.17, 15) is 9.59 Å². The van der Waals surface area contributed by atoms with Gasteiger partial charge in [0, 0.05) is 25.6 Å². The Morgan fingerprint density at radius 2 is 2.04 bits per heavy atom. The monoisotopic (exact) mass is 319 g/mol. The van der Waals surface area contributed by atoms with Crippen LogP contribution in [0.4, 0.5) is 0 Å². The highest BCUT2D eigenvalue weighted by Crippen LogP contribution is 2.29. The summed E-state index contributed by atoms with van der Waals surface area (Å²) in [5.74, 6) is 1.50. The molecule has 1 aromatic rings. The second-order valence-electron chi connectivity index (χ2n) is 6.61. The molecular formula is C16H25N5O2. The first-order chi connectivity index (χ1) is 11.0. The number of nitrogens with one attached hydrogen (secondary N) is 1. The van der Waals surface area contributed by atoms with Crippen LogP contribution in [-0.4, -0.2) is 50.6 Å². The first-order valence-electron chi connectivity index (χ1n) is 8.50. The highest BCUT2D eigenvalue weighted by Gasteiger charge is 2.38. The Balaban J connectivity index is 1.47. The summed E-state index contributed by atoms with van der Waals surface area (Å²) in [6, 6.07) is 0.362. The summed E-state index contributed by atoms with van der Waals surface area (Å²) in [7, 11) is 0. The van der Waals surface area contributed by atoms with Crippen molar-refractivity contribution in [3.05, 3.63) is 11.6 Å². The number of hydrogen-bond donors (Lipinski definition) is 1. The van der Waals surface area contributed by atoms with E-state index in [1.165, 1.54) is 12.8 Å². The number of aromatic nitrogens is 3. The zero-order chi connectivity index (χ0) is 16.4. The molecule has 0 spiro atoms. The molecule has 2 amide bonds. The molecule has 0 aromatic carbocycles. The third kappa shape index (κ3) is 3.54. The van der Waals surface area contributed by atoms with E-state index in [1.54, 1.807) is 4.68 Å². The van der Waals surface area contributed by atoms with Crippen molar-refractivity contribution in [1.29, 1.82) is 0 Å². The van der Waals surface area contributed by atoms with Gasteiger partial charge in [-0.25, -0.2) is 9.67 Å². The smallest absolute Gasteiger partial charge is 0.225 e. The number of carbonyl (C=O) groups excluding carboxylic acids is 2. The molecule has 2 fully saturated rings. The van der Waals surface area contributed by atoms with Crippen molar-refractivity contribution >= 4 is 11.8 Å². The van der Waals surface area contributed by atoms with E-state index in [-0.39, 0.29) is 17.7 Å². The minimum atomic E-state index is -0.207. The van der Waals surface area contributed by atoms with Crippen LogP contribution in [0.15, 0.2) is 0 Å². The van der Waals surface area contributed by atoms with Crippen LogP contribution in [0, 0.1) is 19.8 Å². The van der Waals surface area contributed by atoms with Crippen LogP contribution in [0.25, 0.3) is 0 Å². The zero-order valence-corrected chi connectivity index (χ0v) is 13.9. The molecule has 1 saturated heterocycles. The molecule has 1 N–H and O–H groups in total. The molecule has 126 valence electrons. The van der Waals surface area contributed by atoms with Gasteiger partial charge in [-0.3, -0.25) is 9.59 Å². The molecule has 1 saturated carbocycles. The largest absolute Gasteiger partial charge is 0.354 e.